The van der Waals surface area contributed by atoms with Crippen LogP contribution in [0.1, 0.15) is 64.2 Å². The summed E-state index contributed by atoms with van der Waals surface area (Å²) in [6.07, 6.45) is 13.3. The second kappa shape index (κ2) is 5.27. The molecule has 0 aromatic rings. The van der Waals surface area contributed by atoms with Crippen LogP contribution >= 0.6 is 0 Å². The molecular formula is C15H27NO. The van der Waals surface area contributed by atoms with Gasteiger partial charge in [0.1, 0.15) is 0 Å². The van der Waals surface area contributed by atoms with E-state index in [1.807, 2.05) is 0 Å². The number of nitrogens with zero attached hydrogens (tertiary/aromatic N) is 1. The summed E-state index contributed by atoms with van der Waals surface area (Å²) in [6, 6.07) is 1.31. The number of rotatable bonds is 1. The fourth-order valence-electron chi connectivity index (χ4n) is 4.55. The lowest BCUT2D eigenvalue weighted by Crippen LogP contribution is -2.55. The highest BCUT2D eigenvalue weighted by atomic mass is 16.3. The van der Waals surface area contributed by atoms with E-state index in [1.165, 1.54) is 64.3 Å². The van der Waals surface area contributed by atoms with Gasteiger partial charge in [0.25, 0.3) is 0 Å². The highest BCUT2D eigenvalue weighted by Gasteiger charge is 2.39. The number of piperidine rings is 1. The van der Waals surface area contributed by atoms with Crippen molar-refractivity contribution in [1.82, 2.24) is 4.90 Å². The topological polar surface area (TPSA) is 23.5 Å². The number of hydrogen-bond donors (Lipinski definition) is 1. The third kappa shape index (κ3) is 2.39. The van der Waals surface area contributed by atoms with Crippen molar-refractivity contribution in [3.8, 4) is 0 Å². The van der Waals surface area contributed by atoms with Crippen LogP contribution in [0, 0.1) is 5.92 Å². The first kappa shape index (κ1) is 12.0. The average molecular weight is 237 g/mol. The van der Waals surface area contributed by atoms with Crippen LogP contribution in [0.5, 0.6) is 0 Å². The number of hydrogen-bond acceptors (Lipinski definition) is 2. The van der Waals surface area contributed by atoms with Crippen molar-refractivity contribution in [2.75, 3.05) is 6.54 Å². The maximum Gasteiger partial charge on any atom is 0.0695 e. The summed E-state index contributed by atoms with van der Waals surface area (Å²) in [5.41, 5.74) is 0. The Labute approximate surface area is 105 Å². The minimum atomic E-state index is -0.0376. The van der Waals surface area contributed by atoms with Gasteiger partial charge in [0.05, 0.1) is 6.10 Å². The monoisotopic (exact) mass is 237 g/mol. The van der Waals surface area contributed by atoms with E-state index >= 15 is 0 Å². The predicted molar refractivity (Wildman–Crippen MR) is 69.9 cm³/mol. The molecule has 0 aromatic heterocycles. The lowest BCUT2D eigenvalue weighted by Gasteiger charge is -2.49. The zero-order valence-electron chi connectivity index (χ0n) is 11.0. The van der Waals surface area contributed by atoms with E-state index in [2.05, 4.69) is 4.90 Å². The van der Waals surface area contributed by atoms with E-state index in [9.17, 15) is 5.11 Å². The van der Waals surface area contributed by atoms with Crippen molar-refractivity contribution in [3.05, 3.63) is 0 Å². The van der Waals surface area contributed by atoms with Gasteiger partial charge in [0.15, 0.2) is 0 Å². The summed E-state index contributed by atoms with van der Waals surface area (Å²) in [4.78, 5) is 2.72. The van der Waals surface area contributed by atoms with E-state index in [4.69, 9.17) is 0 Å². The second-order valence-corrected chi connectivity index (χ2v) is 6.41. The molecule has 1 heterocycles. The Balaban J connectivity index is 1.71. The third-order valence-corrected chi connectivity index (χ3v) is 5.41. The fourth-order valence-corrected chi connectivity index (χ4v) is 4.55. The second-order valence-electron chi connectivity index (χ2n) is 6.41. The lowest BCUT2D eigenvalue weighted by molar-refractivity contribution is -0.0434. The van der Waals surface area contributed by atoms with Crippen LogP contribution in [0.25, 0.3) is 0 Å². The zero-order valence-corrected chi connectivity index (χ0v) is 11.0. The van der Waals surface area contributed by atoms with Gasteiger partial charge in [0, 0.05) is 12.1 Å². The smallest absolute Gasteiger partial charge is 0.0695 e. The molecule has 3 aliphatic rings. The molecule has 0 aromatic carbocycles. The van der Waals surface area contributed by atoms with Crippen LogP contribution in [0.15, 0.2) is 0 Å². The molecule has 17 heavy (non-hydrogen) atoms. The highest BCUT2D eigenvalue weighted by Crippen LogP contribution is 2.38. The maximum absolute atomic E-state index is 10.3. The molecule has 2 aliphatic carbocycles. The molecule has 0 radical (unpaired) electrons. The molecule has 0 spiro atoms. The van der Waals surface area contributed by atoms with Crippen molar-refractivity contribution < 1.29 is 5.11 Å². The Morgan fingerprint density at radius 1 is 0.706 bits per heavy atom. The molecule has 98 valence electrons. The Hall–Kier alpha value is -0.0800. The molecule has 0 bridgehead atoms. The molecule has 4 atom stereocenters. The van der Waals surface area contributed by atoms with Gasteiger partial charge in [-0.1, -0.05) is 25.7 Å². The van der Waals surface area contributed by atoms with Gasteiger partial charge in [-0.25, -0.2) is 0 Å². The minimum Gasteiger partial charge on any atom is -0.391 e. The third-order valence-electron chi connectivity index (χ3n) is 5.41. The number of likely N-dealkylation sites (tertiary alicyclic amines) is 1. The van der Waals surface area contributed by atoms with Crippen LogP contribution in [0.2, 0.25) is 0 Å². The van der Waals surface area contributed by atoms with Crippen molar-refractivity contribution in [1.29, 1.82) is 0 Å². The molecule has 1 aliphatic heterocycles. The van der Waals surface area contributed by atoms with Gasteiger partial charge >= 0.3 is 0 Å². The van der Waals surface area contributed by atoms with Crippen LogP contribution in [-0.4, -0.2) is 34.7 Å². The molecule has 2 saturated carbocycles. The van der Waals surface area contributed by atoms with E-state index in [0.29, 0.717) is 6.04 Å². The largest absolute Gasteiger partial charge is 0.391 e. The maximum atomic E-state index is 10.3. The predicted octanol–water partition coefficient (Wildman–Crippen LogP) is 2.94. The van der Waals surface area contributed by atoms with Gasteiger partial charge in [-0.05, 0) is 51.0 Å². The Morgan fingerprint density at radius 2 is 1.35 bits per heavy atom. The van der Waals surface area contributed by atoms with Gasteiger partial charge in [-0.2, -0.15) is 0 Å². The highest BCUT2D eigenvalue weighted by molar-refractivity contribution is 4.93. The number of fused-ring (bicyclic) bond motifs is 1. The molecule has 2 nitrogen and oxygen atoms in total. The van der Waals surface area contributed by atoms with Crippen LogP contribution < -0.4 is 0 Å². The van der Waals surface area contributed by atoms with Gasteiger partial charge in [-0.3, -0.25) is 4.90 Å². The van der Waals surface area contributed by atoms with Gasteiger partial charge in [-0.15, -0.1) is 0 Å². The first-order valence-corrected chi connectivity index (χ1v) is 7.80. The number of aliphatic hydroxyl groups excluding tert-OH is 1. The molecule has 1 N–H and O–H groups in total. The van der Waals surface area contributed by atoms with E-state index < -0.39 is 0 Å². The molecule has 0 unspecified atom stereocenters. The minimum absolute atomic E-state index is 0.0376. The van der Waals surface area contributed by atoms with E-state index in [-0.39, 0.29) is 6.10 Å². The molecule has 0 amide bonds. The van der Waals surface area contributed by atoms with E-state index in [0.717, 1.165) is 18.4 Å². The SMILES string of the molecule is O[C@@H]1CCCC[C@H]1N1CCC[C@H]2CCCC[C@H]21. The Kier molecular flexibility index (Phi) is 3.72. The summed E-state index contributed by atoms with van der Waals surface area (Å²) in [5, 5.41) is 10.3. The zero-order chi connectivity index (χ0) is 11.7. The first-order chi connectivity index (χ1) is 8.36. The number of aliphatic hydroxyl groups is 1. The van der Waals surface area contributed by atoms with Crippen molar-refractivity contribution >= 4 is 0 Å². The molecule has 2 heteroatoms. The van der Waals surface area contributed by atoms with Crippen LogP contribution in [0.4, 0.5) is 0 Å². The summed E-state index contributed by atoms with van der Waals surface area (Å²) < 4.78 is 0. The molecular weight excluding hydrogens is 210 g/mol. The van der Waals surface area contributed by atoms with Crippen molar-refractivity contribution in [3.63, 3.8) is 0 Å². The van der Waals surface area contributed by atoms with Crippen molar-refractivity contribution in [2.45, 2.75) is 82.4 Å². The van der Waals surface area contributed by atoms with Gasteiger partial charge in [0.2, 0.25) is 0 Å². The summed E-state index contributed by atoms with van der Waals surface area (Å²) in [6.45, 7) is 1.25. The lowest BCUT2D eigenvalue weighted by atomic mass is 9.76. The molecule has 3 rings (SSSR count). The summed E-state index contributed by atoms with van der Waals surface area (Å²) in [5.74, 6) is 0.951. The van der Waals surface area contributed by atoms with E-state index in [1.54, 1.807) is 0 Å². The van der Waals surface area contributed by atoms with Crippen LogP contribution in [-0.2, 0) is 0 Å². The quantitative estimate of drug-likeness (QED) is 0.758. The Bertz CT molecular complexity index is 247. The first-order valence-electron chi connectivity index (χ1n) is 7.80. The van der Waals surface area contributed by atoms with Crippen molar-refractivity contribution in [2.24, 2.45) is 5.92 Å². The fraction of sp³-hybridized carbons (Fsp3) is 1.00. The van der Waals surface area contributed by atoms with Crippen LogP contribution in [0.3, 0.4) is 0 Å². The normalized spacial score (nSPS) is 44.3. The average Bonchev–Trinajstić information content (AvgIpc) is 2.39. The summed E-state index contributed by atoms with van der Waals surface area (Å²) in [7, 11) is 0. The molecule has 1 saturated heterocycles. The molecule has 3 fully saturated rings. The van der Waals surface area contributed by atoms with Gasteiger partial charge < -0.3 is 5.11 Å². The Morgan fingerprint density at radius 3 is 2.18 bits per heavy atom. The summed E-state index contributed by atoms with van der Waals surface area (Å²) >= 11 is 0. The standard InChI is InChI=1S/C15H27NO/c17-15-10-4-3-9-14(15)16-11-5-7-12-6-1-2-8-13(12)16/h12-15,17H,1-11H2/t12-,13-,14-,15-/m1/s1.